The van der Waals surface area contributed by atoms with Gasteiger partial charge in [0.1, 0.15) is 23.2 Å². The van der Waals surface area contributed by atoms with Crippen LogP contribution in [0.5, 0.6) is 5.75 Å². The predicted octanol–water partition coefficient (Wildman–Crippen LogP) is 4.64. The standard InChI is InChI=1S/C19H14BrN3O/c1-24-18-8-3-2-7-14(18)15-10-17(23-19(22)16(15)11-21)12-5-4-6-13(20)9-12/h2-10H,1H3,(H2,22,23). The van der Waals surface area contributed by atoms with Gasteiger partial charge in [-0.15, -0.1) is 0 Å². The van der Waals surface area contributed by atoms with Crippen molar-refractivity contribution in [2.75, 3.05) is 12.8 Å². The molecule has 1 heterocycles. The van der Waals surface area contributed by atoms with E-state index in [1.165, 1.54) is 0 Å². The number of pyridine rings is 1. The topological polar surface area (TPSA) is 71.9 Å². The summed E-state index contributed by atoms with van der Waals surface area (Å²) in [6.45, 7) is 0. The zero-order valence-electron chi connectivity index (χ0n) is 13.0. The lowest BCUT2D eigenvalue weighted by Gasteiger charge is -2.13. The molecule has 0 spiro atoms. The van der Waals surface area contributed by atoms with E-state index in [9.17, 15) is 5.26 Å². The molecule has 3 aromatic rings. The molecular formula is C19H14BrN3O. The number of halogens is 1. The van der Waals surface area contributed by atoms with E-state index in [1.807, 2.05) is 54.6 Å². The van der Waals surface area contributed by atoms with E-state index in [0.29, 0.717) is 22.6 Å². The van der Waals surface area contributed by atoms with Crippen molar-refractivity contribution >= 4 is 21.7 Å². The molecular weight excluding hydrogens is 366 g/mol. The van der Waals surface area contributed by atoms with Crippen LogP contribution >= 0.6 is 15.9 Å². The highest BCUT2D eigenvalue weighted by molar-refractivity contribution is 9.10. The number of benzene rings is 2. The predicted molar refractivity (Wildman–Crippen MR) is 98.5 cm³/mol. The van der Waals surface area contributed by atoms with Gasteiger partial charge in [-0.25, -0.2) is 4.98 Å². The van der Waals surface area contributed by atoms with Crippen molar-refractivity contribution in [3.8, 4) is 34.2 Å². The molecule has 0 saturated heterocycles. The average molecular weight is 380 g/mol. The number of ether oxygens (including phenoxy) is 1. The van der Waals surface area contributed by atoms with Gasteiger partial charge in [-0.2, -0.15) is 5.26 Å². The largest absolute Gasteiger partial charge is 0.496 e. The SMILES string of the molecule is COc1ccccc1-c1cc(-c2cccc(Br)c2)nc(N)c1C#N. The molecule has 1 aromatic heterocycles. The molecule has 2 aromatic carbocycles. The van der Waals surface area contributed by atoms with Crippen LogP contribution in [0.1, 0.15) is 5.56 Å². The number of methoxy groups -OCH3 is 1. The summed E-state index contributed by atoms with van der Waals surface area (Å²) in [4.78, 5) is 4.39. The second-order valence-electron chi connectivity index (χ2n) is 5.14. The summed E-state index contributed by atoms with van der Waals surface area (Å²) in [5.41, 5.74) is 9.53. The second-order valence-corrected chi connectivity index (χ2v) is 6.05. The zero-order chi connectivity index (χ0) is 17.1. The third-order valence-electron chi connectivity index (χ3n) is 3.68. The van der Waals surface area contributed by atoms with Gasteiger partial charge in [0.25, 0.3) is 0 Å². The van der Waals surface area contributed by atoms with Crippen LogP contribution in [0.15, 0.2) is 59.1 Å². The summed E-state index contributed by atoms with van der Waals surface area (Å²) >= 11 is 3.46. The molecule has 0 bridgehead atoms. The molecule has 2 N–H and O–H groups in total. The Morgan fingerprint density at radius 1 is 1.08 bits per heavy atom. The minimum Gasteiger partial charge on any atom is -0.496 e. The summed E-state index contributed by atoms with van der Waals surface area (Å²) in [7, 11) is 1.60. The number of aromatic nitrogens is 1. The van der Waals surface area contributed by atoms with Gasteiger partial charge in [0.2, 0.25) is 0 Å². The first kappa shape index (κ1) is 16.0. The van der Waals surface area contributed by atoms with Gasteiger partial charge in [-0.1, -0.05) is 46.3 Å². The number of nitrogen functional groups attached to an aromatic ring is 1. The first-order valence-electron chi connectivity index (χ1n) is 7.24. The molecule has 118 valence electrons. The van der Waals surface area contributed by atoms with Gasteiger partial charge in [0.15, 0.2) is 0 Å². The number of nitriles is 1. The average Bonchev–Trinajstić information content (AvgIpc) is 2.61. The normalized spacial score (nSPS) is 10.2. The van der Waals surface area contributed by atoms with Crippen LogP contribution in [0.2, 0.25) is 0 Å². The van der Waals surface area contributed by atoms with E-state index in [-0.39, 0.29) is 5.82 Å². The molecule has 3 rings (SSSR count). The lowest BCUT2D eigenvalue weighted by Crippen LogP contribution is -2.00. The van der Waals surface area contributed by atoms with Gasteiger partial charge in [0.05, 0.1) is 12.8 Å². The fourth-order valence-electron chi connectivity index (χ4n) is 2.56. The minimum atomic E-state index is 0.205. The quantitative estimate of drug-likeness (QED) is 0.719. The van der Waals surface area contributed by atoms with E-state index in [0.717, 1.165) is 15.6 Å². The molecule has 4 nitrogen and oxygen atoms in total. The highest BCUT2D eigenvalue weighted by atomic mass is 79.9. The molecule has 0 aliphatic rings. The second kappa shape index (κ2) is 6.73. The molecule has 0 aliphatic heterocycles. The van der Waals surface area contributed by atoms with Crippen LogP contribution in [-0.4, -0.2) is 12.1 Å². The Balaban J connectivity index is 2.27. The fraction of sp³-hybridized carbons (Fsp3) is 0.0526. The van der Waals surface area contributed by atoms with Gasteiger partial charge in [-0.3, -0.25) is 0 Å². The third-order valence-corrected chi connectivity index (χ3v) is 4.17. The summed E-state index contributed by atoms with van der Waals surface area (Å²) in [5, 5.41) is 9.51. The lowest BCUT2D eigenvalue weighted by molar-refractivity contribution is 0.416. The summed E-state index contributed by atoms with van der Waals surface area (Å²) in [5.74, 6) is 0.885. The molecule has 0 aliphatic carbocycles. The Hall–Kier alpha value is -2.84. The number of hydrogen-bond acceptors (Lipinski definition) is 4. The molecule has 5 heteroatoms. The first-order valence-corrected chi connectivity index (χ1v) is 8.03. The number of rotatable bonds is 3. The Kier molecular flexibility index (Phi) is 4.50. The van der Waals surface area contributed by atoms with Crippen LogP contribution in [0.4, 0.5) is 5.82 Å². The van der Waals surface area contributed by atoms with Crippen molar-refractivity contribution in [3.63, 3.8) is 0 Å². The fourth-order valence-corrected chi connectivity index (χ4v) is 2.96. The smallest absolute Gasteiger partial charge is 0.142 e. The van der Waals surface area contributed by atoms with Crippen LogP contribution in [-0.2, 0) is 0 Å². The lowest BCUT2D eigenvalue weighted by atomic mass is 9.97. The number of hydrogen-bond donors (Lipinski definition) is 1. The van der Waals surface area contributed by atoms with Crippen molar-refractivity contribution in [1.82, 2.24) is 4.98 Å². The minimum absolute atomic E-state index is 0.205. The summed E-state index contributed by atoms with van der Waals surface area (Å²) < 4.78 is 6.37. The zero-order valence-corrected chi connectivity index (χ0v) is 14.5. The van der Waals surface area contributed by atoms with Crippen LogP contribution in [0, 0.1) is 11.3 Å². The Labute approximate surface area is 148 Å². The molecule has 0 atom stereocenters. The highest BCUT2D eigenvalue weighted by Gasteiger charge is 2.16. The maximum Gasteiger partial charge on any atom is 0.142 e. The van der Waals surface area contributed by atoms with Crippen molar-refractivity contribution < 1.29 is 4.74 Å². The molecule has 0 radical (unpaired) electrons. The third kappa shape index (κ3) is 2.97. The number of nitrogens with two attached hydrogens (primary N) is 1. The molecule has 0 unspecified atom stereocenters. The van der Waals surface area contributed by atoms with Crippen molar-refractivity contribution in [1.29, 1.82) is 5.26 Å². The van der Waals surface area contributed by atoms with Crippen molar-refractivity contribution in [3.05, 3.63) is 64.6 Å². The summed E-state index contributed by atoms with van der Waals surface area (Å²) in [6.07, 6.45) is 0. The number of anilines is 1. The van der Waals surface area contributed by atoms with Gasteiger partial charge in [0, 0.05) is 21.2 Å². The molecule has 0 saturated carbocycles. The van der Waals surface area contributed by atoms with E-state index >= 15 is 0 Å². The molecule has 0 amide bonds. The van der Waals surface area contributed by atoms with Crippen LogP contribution in [0.3, 0.4) is 0 Å². The Bertz CT molecular complexity index is 948. The number of nitrogens with zero attached hydrogens (tertiary/aromatic N) is 2. The van der Waals surface area contributed by atoms with Crippen molar-refractivity contribution in [2.24, 2.45) is 0 Å². The van der Waals surface area contributed by atoms with Gasteiger partial charge >= 0.3 is 0 Å². The maximum atomic E-state index is 9.51. The highest BCUT2D eigenvalue weighted by Crippen LogP contribution is 2.36. The Morgan fingerprint density at radius 3 is 2.58 bits per heavy atom. The van der Waals surface area contributed by atoms with E-state index < -0.39 is 0 Å². The molecule has 24 heavy (non-hydrogen) atoms. The first-order chi connectivity index (χ1) is 11.6. The van der Waals surface area contributed by atoms with E-state index in [2.05, 4.69) is 27.0 Å². The van der Waals surface area contributed by atoms with Gasteiger partial charge < -0.3 is 10.5 Å². The van der Waals surface area contributed by atoms with E-state index in [1.54, 1.807) is 7.11 Å². The van der Waals surface area contributed by atoms with Crippen LogP contribution < -0.4 is 10.5 Å². The monoisotopic (exact) mass is 379 g/mol. The van der Waals surface area contributed by atoms with Crippen LogP contribution in [0.25, 0.3) is 22.4 Å². The Morgan fingerprint density at radius 2 is 1.88 bits per heavy atom. The maximum absolute atomic E-state index is 9.51. The van der Waals surface area contributed by atoms with E-state index in [4.69, 9.17) is 10.5 Å². The number of para-hydroxylation sites is 1. The summed E-state index contributed by atoms with van der Waals surface area (Å²) in [6, 6.07) is 19.3. The van der Waals surface area contributed by atoms with Crippen molar-refractivity contribution in [2.45, 2.75) is 0 Å². The molecule has 0 fully saturated rings. The van der Waals surface area contributed by atoms with Gasteiger partial charge in [-0.05, 0) is 24.3 Å².